The summed E-state index contributed by atoms with van der Waals surface area (Å²) >= 11 is 0. The van der Waals surface area contributed by atoms with Crippen molar-refractivity contribution in [1.82, 2.24) is 9.62 Å². The Bertz CT molecular complexity index is 879. The van der Waals surface area contributed by atoms with Crippen LogP contribution in [0.5, 0.6) is 0 Å². The molecule has 2 aliphatic rings. The molecule has 0 aromatic heterocycles. The fourth-order valence-corrected chi connectivity index (χ4v) is 5.09. The lowest BCUT2D eigenvalue weighted by molar-refractivity contribution is -0.134. The summed E-state index contributed by atoms with van der Waals surface area (Å²) in [5.41, 5.74) is 8.39. The number of benzene rings is 1. The van der Waals surface area contributed by atoms with Gasteiger partial charge in [0.25, 0.3) is 0 Å². The molecule has 3 rings (SSSR count). The van der Waals surface area contributed by atoms with E-state index in [2.05, 4.69) is 35.1 Å². The van der Waals surface area contributed by atoms with Crippen molar-refractivity contribution >= 4 is 22.0 Å². The molecular formula is C22H33N3O3S. The SMILES string of the molecule is CCCCC(NS(=O)(=O)C(C)(C)N)C(=O)N1CCC2(C=Cc3ccccc32)CC1. The minimum Gasteiger partial charge on any atom is -0.341 e. The number of carbonyl (C=O) groups is 1. The van der Waals surface area contributed by atoms with Crippen LogP contribution in [-0.4, -0.2) is 43.2 Å². The molecule has 3 N–H and O–H groups in total. The van der Waals surface area contributed by atoms with Gasteiger partial charge in [-0.1, -0.05) is 56.2 Å². The Balaban J connectivity index is 1.71. The lowest BCUT2D eigenvalue weighted by Crippen LogP contribution is -2.57. The molecule has 6 nitrogen and oxygen atoms in total. The molecule has 0 radical (unpaired) electrons. The number of hydrogen-bond donors (Lipinski definition) is 2. The number of nitrogens with zero attached hydrogens (tertiary/aromatic N) is 1. The first kappa shape index (κ1) is 22.0. The number of allylic oxidation sites excluding steroid dienone is 1. The summed E-state index contributed by atoms with van der Waals surface area (Å²) in [4.78, 5) is 13.6. The van der Waals surface area contributed by atoms with E-state index in [1.54, 1.807) is 0 Å². The van der Waals surface area contributed by atoms with Crippen LogP contribution in [0.25, 0.3) is 6.08 Å². The van der Waals surface area contributed by atoms with Crippen molar-refractivity contribution in [2.45, 2.75) is 69.2 Å². The molecule has 0 bridgehead atoms. The maximum Gasteiger partial charge on any atom is 0.240 e. The van der Waals surface area contributed by atoms with Crippen LogP contribution in [0.3, 0.4) is 0 Å². The summed E-state index contributed by atoms with van der Waals surface area (Å²) < 4.78 is 27.7. The van der Waals surface area contributed by atoms with Crippen LogP contribution < -0.4 is 10.5 Å². The van der Waals surface area contributed by atoms with E-state index in [1.807, 2.05) is 17.9 Å². The van der Waals surface area contributed by atoms with Crippen molar-refractivity contribution in [3.8, 4) is 0 Å². The van der Waals surface area contributed by atoms with E-state index < -0.39 is 20.9 Å². The molecule has 1 amide bonds. The van der Waals surface area contributed by atoms with Crippen LogP contribution in [0.2, 0.25) is 0 Å². The van der Waals surface area contributed by atoms with Crippen molar-refractivity contribution < 1.29 is 13.2 Å². The predicted molar refractivity (Wildman–Crippen MR) is 117 cm³/mol. The van der Waals surface area contributed by atoms with E-state index in [1.165, 1.54) is 25.0 Å². The van der Waals surface area contributed by atoms with Gasteiger partial charge in [0.15, 0.2) is 0 Å². The molecule has 1 aliphatic heterocycles. The number of piperidine rings is 1. The van der Waals surface area contributed by atoms with Crippen LogP contribution in [0.15, 0.2) is 30.3 Å². The lowest BCUT2D eigenvalue weighted by Gasteiger charge is -2.40. The third kappa shape index (κ3) is 4.42. The predicted octanol–water partition coefficient (Wildman–Crippen LogP) is 2.75. The highest BCUT2D eigenvalue weighted by Crippen LogP contribution is 2.43. The number of fused-ring (bicyclic) bond motifs is 2. The topological polar surface area (TPSA) is 92.5 Å². The first-order valence-electron chi connectivity index (χ1n) is 10.5. The van der Waals surface area contributed by atoms with E-state index >= 15 is 0 Å². The Hall–Kier alpha value is -1.70. The molecule has 1 atom stereocenters. The molecule has 1 fully saturated rings. The molecule has 1 saturated heterocycles. The van der Waals surface area contributed by atoms with E-state index in [0.717, 1.165) is 25.7 Å². The van der Waals surface area contributed by atoms with Crippen LogP contribution in [0.1, 0.15) is 64.0 Å². The average Bonchev–Trinajstić information content (AvgIpc) is 3.03. The summed E-state index contributed by atoms with van der Waals surface area (Å²) in [7, 11) is -3.80. The Kier molecular flexibility index (Phi) is 6.22. The van der Waals surface area contributed by atoms with Crippen molar-refractivity contribution in [1.29, 1.82) is 0 Å². The molecule has 1 aromatic carbocycles. The van der Waals surface area contributed by atoms with E-state index in [-0.39, 0.29) is 11.3 Å². The molecule has 1 heterocycles. The second-order valence-electron chi connectivity index (χ2n) is 8.82. The minimum atomic E-state index is -3.80. The van der Waals surface area contributed by atoms with Gasteiger partial charge in [0.2, 0.25) is 15.9 Å². The Morgan fingerprint density at radius 3 is 2.55 bits per heavy atom. The van der Waals surface area contributed by atoms with E-state index in [4.69, 9.17) is 5.73 Å². The van der Waals surface area contributed by atoms with Crippen LogP contribution in [0.4, 0.5) is 0 Å². The first-order chi connectivity index (χ1) is 13.6. The van der Waals surface area contributed by atoms with Crippen LogP contribution >= 0.6 is 0 Å². The molecule has 1 aliphatic carbocycles. The number of carbonyl (C=O) groups excluding carboxylic acids is 1. The number of sulfonamides is 1. The first-order valence-corrected chi connectivity index (χ1v) is 12.0. The maximum absolute atomic E-state index is 13.2. The summed E-state index contributed by atoms with van der Waals surface area (Å²) in [6, 6.07) is 7.65. The zero-order chi connectivity index (χ0) is 21.3. The highest BCUT2D eigenvalue weighted by molar-refractivity contribution is 7.90. The number of amides is 1. The Morgan fingerprint density at radius 1 is 1.28 bits per heavy atom. The summed E-state index contributed by atoms with van der Waals surface area (Å²) in [6.07, 6.45) is 8.29. The molecule has 7 heteroatoms. The Labute approximate surface area is 174 Å². The van der Waals surface area contributed by atoms with Gasteiger partial charge in [0, 0.05) is 18.5 Å². The zero-order valence-corrected chi connectivity index (χ0v) is 18.5. The fourth-order valence-electron chi connectivity index (χ4n) is 4.20. The smallest absolute Gasteiger partial charge is 0.240 e. The molecule has 1 unspecified atom stereocenters. The quantitative estimate of drug-likeness (QED) is 0.711. The maximum atomic E-state index is 13.2. The van der Waals surface area contributed by atoms with E-state index in [0.29, 0.717) is 19.5 Å². The van der Waals surface area contributed by atoms with Gasteiger partial charge in [0.05, 0.1) is 0 Å². The lowest BCUT2D eigenvalue weighted by atomic mass is 9.74. The number of hydrogen-bond acceptors (Lipinski definition) is 4. The third-order valence-corrected chi connectivity index (χ3v) is 8.16. The number of nitrogens with two attached hydrogens (primary N) is 1. The minimum absolute atomic E-state index is 0.00889. The van der Waals surface area contributed by atoms with Crippen molar-refractivity contribution in [3.05, 3.63) is 41.5 Å². The largest absolute Gasteiger partial charge is 0.341 e. The normalized spacial score (nSPS) is 19.4. The fraction of sp³-hybridized carbons (Fsp3) is 0.591. The molecule has 0 saturated carbocycles. The number of nitrogens with one attached hydrogen (secondary N) is 1. The average molecular weight is 420 g/mol. The second kappa shape index (κ2) is 8.20. The van der Waals surface area contributed by atoms with Crippen LogP contribution in [-0.2, 0) is 20.2 Å². The van der Waals surface area contributed by atoms with Crippen LogP contribution in [0, 0.1) is 0 Å². The van der Waals surface area contributed by atoms with Gasteiger partial charge in [-0.15, -0.1) is 0 Å². The van der Waals surface area contributed by atoms with E-state index in [9.17, 15) is 13.2 Å². The Morgan fingerprint density at radius 2 is 1.93 bits per heavy atom. The number of unbranched alkanes of at least 4 members (excludes halogenated alkanes) is 1. The van der Waals surface area contributed by atoms with Gasteiger partial charge in [-0.25, -0.2) is 13.1 Å². The van der Waals surface area contributed by atoms with Crippen molar-refractivity contribution in [2.75, 3.05) is 13.1 Å². The van der Waals surface area contributed by atoms with Gasteiger partial charge in [-0.05, 0) is 44.2 Å². The summed E-state index contributed by atoms with van der Waals surface area (Å²) in [6.45, 7) is 6.13. The van der Waals surface area contributed by atoms with Crippen molar-refractivity contribution in [2.24, 2.45) is 5.73 Å². The molecular weight excluding hydrogens is 386 g/mol. The number of rotatable bonds is 7. The summed E-state index contributed by atoms with van der Waals surface area (Å²) in [5.74, 6) is -0.142. The molecule has 1 spiro atoms. The van der Waals surface area contributed by atoms with Gasteiger partial charge in [0.1, 0.15) is 10.9 Å². The van der Waals surface area contributed by atoms with Gasteiger partial charge < -0.3 is 10.6 Å². The third-order valence-electron chi connectivity index (χ3n) is 6.18. The molecule has 1 aromatic rings. The molecule has 160 valence electrons. The summed E-state index contributed by atoms with van der Waals surface area (Å²) in [5, 5.41) is 0. The van der Waals surface area contributed by atoms with Gasteiger partial charge in [-0.2, -0.15) is 0 Å². The standard InChI is InChI=1S/C22H33N3O3S/c1-4-5-10-19(24-29(27,28)21(2,3)23)20(26)25-15-13-22(14-16-25)12-11-17-8-6-7-9-18(17)22/h6-9,11-12,19,24H,4-5,10,13-16,23H2,1-3H3. The van der Waals surface area contributed by atoms with Gasteiger partial charge >= 0.3 is 0 Å². The second-order valence-corrected chi connectivity index (χ2v) is 11.1. The highest BCUT2D eigenvalue weighted by atomic mass is 32.2. The number of likely N-dealkylation sites (tertiary alicyclic amines) is 1. The monoisotopic (exact) mass is 419 g/mol. The highest BCUT2D eigenvalue weighted by Gasteiger charge is 2.41. The molecule has 29 heavy (non-hydrogen) atoms. The van der Waals surface area contributed by atoms with Crippen molar-refractivity contribution in [3.63, 3.8) is 0 Å². The zero-order valence-electron chi connectivity index (χ0n) is 17.6. The van der Waals surface area contributed by atoms with Gasteiger partial charge in [-0.3, -0.25) is 4.79 Å².